The third kappa shape index (κ3) is 4.66. The van der Waals surface area contributed by atoms with E-state index in [2.05, 4.69) is 26.6 Å². The van der Waals surface area contributed by atoms with Crippen molar-refractivity contribution in [1.82, 2.24) is 10.2 Å². The maximum absolute atomic E-state index is 11.8. The van der Waals surface area contributed by atoms with Crippen LogP contribution in [0.2, 0.25) is 0 Å². The van der Waals surface area contributed by atoms with E-state index in [0.29, 0.717) is 43.1 Å². The summed E-state index contributed by atoms with van der Waals surface area (Å²) in [6.45, 7) is 3.31. The zero-order valence-electron chi connectivity index (χ0n) is 11.7. The molecule has 21 heavy (non-hydrogen) atoms. The van der Waals surface area contributed by atoms with Crippen LogP contribution in [0.25, 0.3) is 0 Å². The summed E-state index contributed by atoms with van der Waals surface area (Å²) in [5, 5.41) is 5.48. The molecule has 1 aromatic heterocycles. The number of nitrogens with zero attached hydrogens (tertiary/aromatic N) is 1. The fraction of sp³-hybridized carbons (Fsp3) is 0.538. The molecule has 2 heterocycles. The van der Waals surface area contributed by atoms with Gasteiger partial charge in [-0.2, -0.15) is 0 Å². The number of nitrogens with one attached hydrogen (secondary N) is 2. The van der Waals surface area contributed by atoms with Gasteiger partial charge in [0.1, 0.15) is 0 Å². The number of carbonyl (C=O) groups is 2. The molecule has 116 valence electrons. The molecule has 2 rings (SSSR count). The average molecular weight is 360 g/mol. The maximum Gasteiger partial charge on any atom is 0.409 e. The lowest BCUT2D eigenvalue weighted by atomic mass is 10.1. The lowest BCUT2D eigenvalue weighted by molar-refractivity contribution is 0.0959. The Morgan fingerprint density at radius 2 is 2.14 bits per heavy atom. The topological polar surface area (TPSA) is 83.8 Å². The first-order valence-electron chi connectivity index (χ1n) is 6.83. The van der Waals surface area contributed by atoms with Crippen LogP contribution in [0.3, 0.4) is 0 Å². The second-order valence-electron chi connectivity index (χ2n) is 4.66. The third-order valence-electron chi connectivity index (χ3n) is 3.17. The second-order valence-corrected chi connectivity index (χ2v) is 5.44. The van der Waals surface area contributed by atoms with Crippen molar-refractivity contribution >= 4 is 33.9 Å². The molecule has 1 fully saturated rings. The number of amides is 3. The van der Waals surface area contributed by atoms with E-state index in [1.165, 1.54) is 0 Å². The number of hydrogen-bond acceptors (Lipinski definition) is 4. The van der Waals surface area contributed by atoms with Gasteiger partial charge in [-0.25, -0.2) is 9.59 Å². The van der Waals surface area contributed by atoms with E-state index < -0.39 is 0 Å². The zero-order chi connectivity index (χ0) is 15.2. The van der Waals surface area contributed by atoms with Crippen LogP contribution in [0.15, 0.2) is 21.2 Å². The zero-order valence-corrected chi connectivity index (χ0v) is 13.3. The van der Waals surface area contributed by atoms with E-state index in [1.54, 1.807) is 24.0 Å². The molecule has 7 nitrogen and oxygen atoms in total. The van der Waals surface area contributed by atoms with Gasteiger partial charge in [-0.15, -0.1) is 0 Å². The average Bonchev–Trinajstić information content (AvgIpc) is 2.85. The maximum atomic E-state index is 11.8. The molecule has 8 heteroatoms. The van der Waals surface area contributed by atoms with E-state index in [0.717, 1.165) is 0 Å². The Morgan fingerprint density at radius 1 is 1.43 bits per heavy atom. The van der Waals surface area contributed by atoms with Crippen molar-refractivity contribution in [2.75, 3.05) is 25.0 Å². The molecule has 1 saturated heterocycles. The Morgan fingerprint density at radius 3 is 2.71 bits per heavy atom. The van der Waals surface area contributed by atoms with Crippen LogP contribution in [-0.2, 0) is 4.74 Å². The molecular weight excluding hydrogens is 342 g/mol. The second kappa shape index (κ2) is 7.35. The van der Waals surface area contributed by atoms with Crippen LogP contribution >= 0.6 is 15.9 Å². The Kier molecular flexibility index (Phi) is 5.49. The Labute approximate surface area is 131 Å². The first kappa shape index (κ1) is 15.7. The largest absolute Gasteiger partial charge is 0.450 e. The highest BCUT2D eigenvalue weighted by molar-refractivity contribution is 9.10. The van der Waals surface area contributed by atoms with Gasteiger partial charge >= 0.3 is 12.1 Å². The van der Waals surface area contributed by atoms with Crippen molar-refractivity contribution < 1.29 is 18.7 Å². The lowest BCUT2D eigenvalue weighted by Crippen LogP contribution is -2.47. The predicted molar refractivity (Wildman–Crippen MR) is 80.2 cm³/mol. The lowest BCUT2D eigenvalue weighted by Gasteiger charge is -2.31. The molecular formula is C13H18BrN3O4. The van der Waals surface area contributed by atoms with Crippen LogP contribution in [-0.4, -0.2) is 42.8 Å². The van der Waals surface area contributed by atoms with Crippen LogP contribution < -0.4 is 10.6 Å². The van der Waals surface area contributed by atoms with Crippen molar-refractivity contribution in [3.05, 3.63) is 16.8 Å². The molecule has 0 atom stereocenters. The standard InChI is InChI=1S/C13H18BrN3O4/c1-2-20-13(19)17-7-5-9(6-8-17)15-12(18)16-11-4-3-10(14)21-11/h3-4,9H,2,5-8H2,1H3,(H2,15,16,18). The van der Waals surface area contributed by atoms with Gasteiger partial charge in [0.05, 0.1) is 6.61 Å². The normalized spacial score (nSPS) is 15.6. The van der Waals surface area contributed by atoms with Gasteiger partial charge in [0.25, 0.3) is 0 Å². The minimum absolute atomic E-state index is 0.0362. The van der Waals surface area contributed by atoms with Crippen molar-refractivity contribution in [3.8, 4) is 0 Å². The molecule has 0 radical (unpaired) electrons. The van der Waals surface area contributed by atoms with Crippen LogP contribution in [0.1, 0.15) is 19.8 Å². The van der Waals surface area contributed by atoms with E-state index >= 15 is 0 Å². The third-order valence-corrected chi connectivity index (χ3v) is 3.59. The highest BCUT2D eigenvalue weighted by atomic mass is 79.9. The molecule has 1 aliphatic heterocycles. The van der Waals surface area contributed by atoms with Crippen molar-refractivity contribution in [3.63, 3.8) is 0 Å². The quantitative estimate of drug-likeness (QED) is 0.868. The van der Waals surface area contributed by atoms with Crippen LogP contribution in [0.4, 0.5) is 15.5 Å². The summed E-state index contributed by atoms with van der Waals surface area (Å²) in [6, 6.07) is 3.08. The molecule has 2 N–H and O–H groups in total. The van der Waals surface area contributed by atoms with Crippen LogP contribution in [0.5, 0.6) is 0 Å². The number of likely N-dealkylation sites (tertiary alicyclic amines) is 1. The van der Waals surface area contributed by atoms with Gasteiger partial charge in [0, 0.05) is 25.2 Å². The summed E-state index contributed by atoms with van der Waals surface area (Å²) < 4.78 is 10.7. The monoisotopic (exact) mass is 359 g/mol. The fourth-order valence-corrected chi connectivity index (χ4v) is 2.44. The first-order chi connectivity index (χ1) is 10.1. The molecule has 3 amide bonds. The summed E-state index contributed by atoms with van der Waals surface area (Å²) in [6.07, 6.45) is 1.11. The summed E-state index contributed by atoms with van der Waals surface area (Å²) >= 11 is 3.17. The van der Waals surface area contributed by atoms with E-state index in [9.17, 15) is 9.59 Å². The van der Waals surface area contributed by atoms with Crippen molar-refractivity contribution in [2.24, 2.45) is 0 Å². The highest BCUT2D eigenvalue weighted by Gasteiger charge is 2.24. The number of furan rings is 1. The molecule has 0 bridgehead atoms. The summed E-state index contributed by atoms with van der Waals surface area (Å²) in [4.78, 5) is 25.0. The molecule has 0 saturated carbocycles. The molecule has 0 aromatic carbocycles. The minimum atomic E-state index is -0.313. The molecule has 0 aliphatic carbocycles. The Balaban J connectivity index is 1.73. The van der Waals surface area contributed by atoms with Gasteiger partial charge in [-0.1, -0.05) is 0 Å². The molecule has 1 aliphatic rings. The highest BCUT2D eigenvalue weighted by Crippen LogP contribution is 2.18. The molecule has 0 unspecified atom stereocenters. The van der Waals surface area contributed by atoms with Crippen LogP contribution in [0, 0.1) is 0 Å². The number of urea groups is 1. The van der Waals surface area contributed by atoms with E-state index in [4.69, 9.17) is 9.15 Å². The Hall–Kier alpha value is -1.70. The summed E-state index contributed by atoms with van der Waals surface area (Å²) in [5.41, 5.74) is 0. The minimum Gasteiger partial charge on any atom is -0.450 e. The SMILES string of the molecule is CCOC(=O)N1CCC(NC(=O)Nc2ccc(Br)o2)CC1. The number of anilines is 1. The number of ether oxygens (including phenoxy) is 1. The summed E-state index contributed by atoms with van der Waals surface area (Å²) in [7, 11) is 0. The van der Waals surface area contributed by atoms with Gasteiger partial charge in [-0.3, -0.25) is 5.32 Å². The Bertz CT molecular complexity index is 497. The molecule has 1 aromatic rings. The number of hydrogen-bond donors (Lipinski definition) is 2. The number of rotatable bonds is 3. The van der Waals surface area contributed by atoms with Gasteiger partial charge in [-0.05, 0) is 41.8 Å². The van der Waals surface area contributed by atoms with E-state index in [-0.39, 0.29) is 18.2 Å². The number of halogens is 1. The fourth-order valence-electron chi connectivity index (χ4n) is 2.14. The van der Waals surface area contributed by atoms with Gasteiger partial charge < -0.3 is 19.4 Å². The number of piperidine rings is 1. The van der Waals surface area contributed by atoms with Crippen molar-refractivity contribution in [1.29, 1.82) is 0 Å². The predicted octanol–water partition coefficient (Wildman–Crippen LogP) is 2.78. The van der Waals surface area contributed by atoms with Gasteiger partial charge in [0.15, 0.2) is 4.67 Å². The smallest absolute Gasteiger partial charge is 0.409 e. The van der Waals surface area contributed by atoms with Gasteiger partial charge in [0.2, 0.25) is 5.88 Å². The first-order valence-corrected chi connectivity index (χ1v) is 7.62. The van der Waals surface area contributed by atoms with E-state index in [1.807, 2.05) is 0 Å². The number of carbonyl (C=O) groups excluding carboxylic acids is 2. The van der Waals surface area contributed by atoms with Crippen molar-refractivity contribution in [2.45, 2.75) is 25.8 Å². The molecule has 0 spiro atoms. The summed E-state index contributed by atoms with van der Waals surface area (Å²) in [5.74, 6) is 0.378.